The molecule has 0 fully saturated rings. The molecule has 0 bridgehead atoms. The van der Waals surface area contributed by atoms with E-state index in [4.69, 9.17) is 9.47 Å². The van der Waals surface area contributed by atoms with Gasteiger partial charge in [-0.05, 0) is 17.7 Å². The third-order valence-electron chi connectivity index (χ3n) is 4.89. The van der Waals surface area contributed by atoms with Crippen LogP contribution in [0, 0.1) is 0 Å². The third kappa shape index (κ3) is 2.30. The second kappa shape index (κ2) is 5.71. The van der Waals surface area contributed by atoms with E-state index in [9.17, 15) is 5.11 Å². The van der Waals surface area contributed by atoms with E-state index in [0.717, 1.165) is 28.6 Å². The zero-order chi connectivity index (χ0) is 17.6. The lowest BCUT2D eigenvalue weighted by molar-refractivity contribution is -0.685. The van der Waals surface area contributed by atoms with Crippen molar-refractivity contribution in [1.29, 1.82) is 0 Å². The van der Waals surface area contributed by atoms with Crippen molar-refractivity contribution in [2.75, 3.05) is 11.7 Å². The van der Waals surface area contributed by atoms with Crippen LogP contribution in [0.1, 0.15) is 11.1 Å². The molecule has 3 heterocycles. The Kier molecular flexibility index (Phi) is 3.33. The normalized spacial score (nSPS) is 20.3. The van der Waals surface area contributed by atoms with Crippen LogP contribution in [0.4, 0.5) is 5.95 Å². The second-order valence-electron chi connectivity index (χ2n) is 6.50. The van der Waals surface area contributed by atoms with Gasteiger partial charge in [0.05, 0.1) is 12.7 Å². The molecule has 6 nitrogen and oxygen atoms in total. The summed E-state index contributed by atoms with van der Waals surface area (Å²) >= 11 is 0. The van der Waals surface area contributed by atoms with Gasteiger partial charge in [-0.25, -0.2) is 9.47 Å². The second-order valence-corrected chi connectivity index (χ2v) is 6.50. The monoisotopic (exact) mass is 348 g/mol. The first-order chi connectivity index (χ1) is 12.7. The summed E-state index contributed by atoms with van der Waals surface area (Å²) in [5.74, 6) is 2.22. The lowest BCUT2D eigenvalue weighted by Crippen LogP contribution is -2.45. The number of fused-ring (bicyclic) bond motifs is 2. The highest BCUT2D eigenvalue weighted by Crippen LogP contribution is 2.37. The molecule has 3 aromatic rings. The lowest BCUT2D eigenvalue weighted by atomic mass is 10.0. The fourth-order valence-corrected chi connectivity index (χ4v) is 3.60. The van der Waals surface area contributed by atoms with E-state index in [0.29, 0.717) is 13.1 Å². The van der Waals surface area contributed by atoms with Gasteiger partial charge < -0.3 is 14.6 Å². The maximum atomic E-state index is 11.6. The summed E-state index contributed by atoms with van der Waals surface area (Å²) in [5, 5.41) is 11.6. The van der Waals surface area contributed by atoms with Crippen LogP contribution in [0.2, 0.25) is 0 Å². The molecular formula is C20H18N3O3+. The summed E-state index contributed by atoms with van der Waals surface area (Å²) in [5.41, 5.74) is 0.688. The zero-order valence-electron chi connectivity index (χ0n) is 14.1. The number of rotatable bonds is 3. The van der Waals surface area contributed by atoms with Crippen molar-refractivity contribution in [1.82, 2.24) is 4.98 Å². The Morgan fingerprint density at radius 3 is 2.81 bits per heavy atom. The number of benzene rings is 2. The summed E-state index contributed by atoms with van der Waals surface area (Å²) in [4.78, 5) is 6.43. The average molecular weight is 348 g/mol. The van der Waals surface area contributed by atoms with E-state index >= 15 is 0 Å². The van der Waals surface area contributed by atoms with Gasteiger partial charge in [-0.3, -0.25) is 0 Å². The number of hydrogen-bond donors (Lipinski definition) is 1. The van der Waals surface area contributed by atoms with Gasteiger partial charge in [0.2, 0.25) is 12.5 Å². The molecule has 5 rings (SSSR count). The highest BCUT2D eigenvalue weighted by atomic mass is 16.7. The molecule has 0 saturated heterocycles. The van der Waals surface area contributed by atoms with E-state index < -0.39 is 5.72 Å². The van der Waals surface area contributed by atoms with E-state index in [1.165, 1.54) is 0 Å². The van der Waals surface area contributed by atoms with E-state index in [2.05, 4.69) is 4.98 Å². The summed E-state index contributed by atoms with van der Waals surface area (Å²) < 4.78 is 12.8. The summed E-state index contributed by atoms with van der Waals surface area (Å²) in [6, 6.07) is 17.4. The molecule has 1 aromatic heterocycles. The molecule has 0 saturated carbocycles. The third-order valence-corrected chi connectivity index (χ3v) is 4.89. The summed E-state index contributed by atoms with van der Waals surface area (Å²) in [6.45, 7) is 1.17. The minimum atomic E-state index is -1.17. The van der Waals surface area contributed by atoms with Crippen molar-refractivity contribution < 1.29 is 19.1 Å². The van der Waals surface area contributed by atoms with Crippen LogP contribution in [-0.4, -0.2) is 16.9 Å². The van der Waals surface area contributed by atoms with Gasteiger partial charge >= 0.3 is 5.95 Å². The Hall–Kier alpha value is -3.12. The highest BCUT2D eigenvalue weighted by Gasteiger charge is 2.51. The predicted molar refractivity (Wildman–Crippen MR) is 93.5 cm³/mol. The zero-order valence-corrected chi connectivity index (χ0v) is 14.1. The van der Waals surface area contributed by atoms with Crippen molar-refractivity contribution in [3.63, 3.8) is 0 Å². The van der Waals surface area contributed by atoms with E-state index in [1.807, 2.05) is 70.3 Å². The van der Waals surface area contributed by atoms with Crippen molar-refractivity contribution in [2.45, 2.75) is 18.8 Å². The molecule has 0 radical (unpaired) electrons. The molecule has 0 aliphatic carbocycles. The van der Waals surface area contributed by atoms with Gasteiger partial charge in [-0.2, -0.15) is 0 Å². The van der Waals surface area contributed by atoms with Crippen LogP contribution >= 0.6 is 0 Å². The topological polar surface area (TPSA) is 58.7 Å². The van der Waals surface area contributed by atoms with Crippen LogP contribution in [0.3, 0.4) is 0 Å². The highest BCUT2D eigenvalue weighted by molar-refractivity contribution is 5.46. The van der Waals surface area contributed by atoms with Crippen LogP contribution in [0.15, 0.2) is 67.0 Å². The maximum Gasteiger partial charge on any atom is 0.397 e. The predicted octanol–water partition coefficient (Wildman–Crippen LogP) is 1.96. The number of hydrogen-bond acceptors (Lipinski definition) is 5. The quantitative estimate of drug-likeness (QED) is 0.734. The maximum absolute atomic E-state index is 11.6. The Morgan fingerprint density at radius 2 is 1.92 bits per heavy atom. The molecule has 2 aliphatic heterocycles. The minimum Gasteiger partial charge on any atom is -0.454 e. The summed E-state index contributed by atoms with van der Waals surface area (Å²) in [7, 11) is 0. The molecule has 1 atom stereocenters. The molecule has 130 valence electrons. The van der Waals surface area contributed by atoms with Gasteiger partial charge in [0.1, 0.15) is 12.7 Å². The fourth-order valence-electron chi connectivity index (χ4n) is 3.60. The van der Waals surface area contributed by atoms with Gasteiger partial charge in [0.15, 0.2) is 11.5 Å². The number of anilines is 1. The summed E-state index contributed by atoms with van der Waals surface area (Å²) in [6.07, 6.45) is 3.69. The first-order valence-electron chi connectivity index (χ1n) is 8.52. The van der Waals surface area contributed by atoms with Crippen molar-refractivity contribution in [3.8, 4) is 11.5 Å². The molecule has 0 spiro atoms. The minimum absolute atomic E-state index is 0.247. The molecular weight excluding hydrogens is 330 g/mol. The van der Waals surface area contributed by atoms with Crippen molar-refractivity contribution >= 4 is 5.95 Å². The standard InChI is InChI=1S/C20H18N3O3/c24-20(16-5-2-1-3-6-16)13-22-10-4-9-21-19(22)23(20)12-15-7-8-17-18(11-15)26-14-25-17/h1-11,24H,12-14H2/q+1/t20-/m1/s1. The van der Waals surface area contributed by atoms with E-state index in [1.54, 1.807) is 6.20 Å². The van der Waals surface area contributed by atoms with Crippen molar-refractivity contribution in [2.24, 2.45) is 0 Å². The number of nitrogens with zero attached hydrogens (tertiary/aromatic N) is 3. The Morgan fingerprint density at radius 1 is 1.08 bits per heavy atom. The first-order valence-corrected chi connectivity index (χ1v) is 8.52. The van der Waals surface area contributed by atoms with Gasteiger partial charge in [0, 0.05) is 11.6 Å². The largest absolute Gasteiger partial charge is 0.454 e. The van der Waals surface area contributed by atoms with Crippen LogP contribution in [0.5, 0.6) is 11.5 Å². The average Bonchev–Trinajstić information content (AvgIpc) is 3.25. The Labute approximate surface area is 150 Å². The van der Waals surface area contributed by atoms with Crippen LogP contribution < -0.4 is 18.9 Å². The van der Waals surface area contributed by atoms with Gasteiger partial charge in [-0.15, -0.1) is 0 Å². The number of ether oxygens (including phenoxy) is 2. The molecule has 26 heavy (non-hydrogen) atoms. The van der Waals surface area contributed by atoms with Crippen molar-refractivity contribution in [3.05, 3.63) is 78.1 Å². The van der Waals surface area contributed by atoms with Gasteiger partial charge in [0.25, 0.3) is 0 Å². The van der Waals surface area contributed by atoms with Crippen LogP contribution in [0.25, 0.3) is 0 Å². The Bertz CT molecular complexity index is 964. The first kappa shape index (κ1) is 15.2. The lowest BCUT2D eigenvalue weighted by Gasteiger charge is -2.28. The van der Waals surface area contributed by atoms with Crippen LogP contribution in [-0.2, 0) is 18.8 Å². The van der Waals surface area contributed by atoms with Gasteiger partial charge in [-0.1, -0.05) is 41.4 Å². The Balaban J connectivity index is 1.57. The number of aliphatic hydroxyl groups is 1. The number of aromatic nitrogens is 2. The van der Waals surface area contributed by atoms with E-state index in [-0.39, 0.29) is 6.79 Å². The molecule has 2 aliphatic rings. The molecule has 2 aromatic carbocycles. The molecule has 0 unspecified atom stereocenters. The SMILES string of the molecule is O[C@@]1(c2ccccc2)C[n+]2cccnc2N1Cc1ccc2c(c1)OCO2. The fraction of sp³-hybridized carbons (Fsp3) is 0.200. The molecule has 6 heteroatoms. The molecule has 1 N–H and O–H groups in total. The molecule has 0 amide bonds. The smallest absolute Gasteiger partial charge is 0.397 e.